The van der Waals surface area contributed by atoms with Crippen LogP contribution in [0, 0.1) is 5.92 Å². The maximum Gasteiger partial charge on any atom is 0.227 e. The third-order valence-electron chi connectivity index (χ3n) is 4.43. The number of amides is 2. The molecule has 6 nitrogen and oxygen atoms in total. The van der Waals surface area contributed by atoms with Crippen LogP contribution in [0.3, 0.4) is 0 Å². The molecule has 25 heavy (non-hydrogen) atoms. The number of hydrogen-bond donors (Lipinski definition) is 1. The summed E-state index contributed by atoms with van der Waals surface area (Å²) in [4.78, 5) is 26.3. The quantitative estimate of drug-likeness (QED) is 0.794. The minimum atomic E-state index is -0.329. The molecule has 0 radical (unpaired) electrons. The highest BCUT2D eigenvalue weighted by atomic mass is 16.2. The summed E-state index contributed by atoms with van der Waals surface area (Å²) in [6, 6.07) is 17.2. The Morgan fingerprint density at radius 2 is 1.96 bits per heavy atom. The average molecular weight is 334 g/mol. The van der Waals surface area contributed by atoms with E-state index < -0.39 is 0 Å². The van der Waals surface area contributed by atoms with Gasteiger partial charge in [0.1, 0.15) is 0 Å². The highest BCUT2D eigenvalue weighted by Crippen LogP contribution is 2.24. The van der Waals surface area contributed by atoms with Crippen molar-refractivity contribution in [3.8, 4) is 0 Å². The first-order valence-corrected chi connectivity index (χ1v) is 8.27. The fourth-order valence-electron chi connectivity index (χ4n) is 3.14. The third kappa shape index (κ3) is 3.10. The Balaban J connectivity index is 1.39. The van der Waals surface area contributed by atoms with Crippen LogP contribution in [0.1, 0.15) is 12.1 Å². The van der Waals surface area contributed by atoms with Gasteiger partial charge in [0.25, 0.3) is 0 Å². The van der Waals surface area contributed by atoms with E-state index in [9.17, 15) is 9.59 Å². The molecule has 2 aromatic heterocycles. The Morgan fingerprint density at radius 1 is 1.16 bits per heavy atom. The molecule has 1 N–H and O–H groups in total. The van der Waals surface area contributed by atoms with Crippen molar-refractivity contribution in [1.29, 1.82) is 0 Å². The van der Waals surface area contributed by atoms with Gasteiger partial charge in [0.2, 0.25) is 11.8 Å². The molecule has 0 aliphatic carbocycles. The number of nitrogens with one attached hydrogen (secondary N) is 1. The van der Waals surface area contributed by atoms with Crippen molar-refractivity contribution in [3.63, 3.8) is 0 Å². The van der Waals surface area contributed by atoms with Crippen LogP contribution >= 0.6 is 0 Å². The van der Waals surface area contributed by atoms with Crippen LogP contribution in [-0.2, 0) is 16.1 Å². The van der Waals surface area contributed by atoms with E-state index in [0.29, 0.717) is 13.1 Å². The lowest BCUT2D eigenvalue weighted by Gasteiger charge is -2.16. The van der Waals surface area contributed by atoms with Crippen LogP contribution in [0.15, 0.2) is 60.8 Å². The summed E-state index contributed by atoms with van der Waals surface area (Å²) >= 11 is 0. The number of fused-ring (bicyclic) bond motifs is 1. The Bertz CT molecular complexity index is 886. The number of para-hydroxylation sites is 1. The zero-order valence-electron chi connectivity index (χ0n) is 13.6. The number of benzene rings is 1. The molecule has 1 saturated heterocycles. The van der Waals surface area contributed by atoms with Crippen LogP contribution in [0.2, 0.25) is 0 Å². The van der Waals surface area contributed by atoms with E-state index in [0.717, 1.165) is 16.9 Å². The summed E-state index contributed by atoms with van der Waals surface area (Å²) in [5.74, 6) is -0.451. The van der Waals surface area contributed by atoms with Crippen molar-refractivity contribution in [2.24, 2.45) is 5.92 Å². The van der Waals surface area contributed by atoms with Crippen molar-refractivity contribution in [1.82, 2.24) is 14.9 Å². The van der Waals surface area contributed by atoms with Gasteiger partial charge in [-0.25, -0.2) is 4.52 Å². The lowest BCUT2D eigenvalue weighted by Crippen LogP contribution is -2.32. The first kappa shape index (κ1) is 15.4. The van der Waals surface area contributed by atoms with Crippen LogP contribution in [0.25, 0.3) is 5.52 Å². The van der Waals surface area contributed by atoms with Gasteiger partial charge in [-0.15, -0.1) is 0 Å². The zero-order chi connectivity index (χ0) is 17.2. The van der Waals surface area contributed by atoms with Gasteiger partial charge in [0.15, 0.2) is 0 Å². The Morgan fingerprint density at radius 3 is 2.76 bits per heavy atom. The second-order valence-corrected chi connectivity index (χ2v) is 6.16. The van der Waals surface area contributed by atoms with Gasteiger partial charge in [-0.3, -0.25) is 9.59 Å². The molecule has 1 aromatic carbocycles. The highest BCUT2D eigenvalue weighted by molar-refractivity contribution is 6.00. The summed E-state index contributed by atoms with van der Waals surface area (Å²) in [5.41, 5.74) is 2.62. The molecule has 1 atom stereocenters. The molecular weight excluding hydrogens is 316 g/mol. The van der Waals surface area contributed by atoms with E-state index in [1.165, 1.54) is 0 Å². The maximum atomic E-state index is 12.4. The molecule has 2 amide bonds. The minimum Gasteiger partial charge on any atom is -0.350 e. The van der Waals surface area contributed by atoms with E-state index in [1.807, 2.05) is 60.8 Å². The molecule has 6 heteroatoms. The normalized spacial score (nSPS) is 17.2. The van der Waals surface area contributed by atoms with Crippen LogP contribution < -0.4 is 10.2 Å². The molecule has 0 bridgehead atoms. The summed E-state index contributed by atoms with van der Waals surface area (Å²) in [5, 5.41) is 7.31. The van der Waals surface area contributed by atoms with E-state index in [2.05, 4.69) is 10.4 Å². The fourth-order valence-corrected chi connectivity index (χ4v) is 3.14. The van der Waals surface area contributed by atoms with Gasteiger partial charge >= 0.3 is 0 Å². The summed E-state index contributed by atoms with van der Waals surface area (Å²) in [6.07, 6.45) is 2.11. The maximum absolute atomic E-state index is 12.4. The average Bonchev–Trinajstić information content (AvgIpc) is 3.23. The lowest BCUT2D eigenvalue weighted by molar-refractivity contribution is -0.126. The van der Waals surface area contributed by atoms with Gasteiger partial charge in [-0.05, 0) is 30.3 Å². The second kappa shape index (κ2) is 6.39. The van der Waals surface area contributed by atoms with Gasteiger partial charge in [0, 0.05) is 24.8 Å². The number of carbonyl (C=O) groups excluding carboxylic acids is 2. The Kier molecular flexibility index (Phi) is 3.93. The third-order valence-corrected chi connectivity index (χ3v) is 4.43. The number of hydrogen-bond acceptors (Lipinski definition) is 3. The molecule has 1 unspecified atom stereocenters. The smallest absolute Gasteiger partial charge is 0.227 e. The van der Waals surface area contributed by atoms with E-state index in [1.54, 1.807) is 9.42 Å². The van der Waals surface area contributed by atoms with Gasteiger partial charge in [-0.2, -0.15) is 5.10 Å². The topological polar surface area (TPSA) is 66.7 Å². The highest BCUT2D eigenvalue weighted by Gasteiger charge is 2.34. The number of pyridine rings is 1. The standard InChI is InChI=1S/C19H18N4O2/c24-18-10-14(13-22(18)16-6-2-1-3-7-16)19(25)20-12-15-11-17-8-4-5-9-23(17)21-15/h1-9,11,14H,10,12-13H2,(H,20,25). The van der Waals surface area contributed by atoms with Gasteiger partial charge in [-0.1, -0.05) is 24.3 Å². The van der Waals surface area contributed by atoms with Crippen molar-refractivity contribution in [3.05, 3.63) is 66.5 Å². The van der Waals surface area contributed by atoms with E-state index in [-0.39, 0.29) is 24.2 Å². The van der Waals surface area contributed by atoms with Crippen molar-refractivity contribution in [2.45, 2.75) is 13.0 Å². The predicted octanol–water partition coefficient (Wildman–Crippen LogP) is 2.00. The van der Waals surface area contributed by atoms with E-state index >= 15 is 0 Å². The number of anilines is 1. The van der Waals surface area contributed by atoms with Crippen LogP contribution in [0.5, 0.6) is 0 Å². The first-order valence-electron chi connectivity index (χ1n) is 8.27. The molecule has 3 heterocycles. The Labute approximate surface area is 145 Å². The molecule has 126 valence electrons. The number of rotatable bonds is 4. The number of aromatic nitrogens is 2. The van der Waals surface area contributed by atoms with Gasteiger partial charge < -0.3 is 10.2 Å². The second-order valence-electron chi connectivity index (χ2n) is 6.16. The molecule has 0 spiro atoms. The molecule has 4 rings (SSSR count). The molecular formula is C19H18N4O2. The molecule has 0 saturated carbocycles. The number of nitrogens with zero attached hydrogens (tertiary/aromatic N) is 3. The summed E-state index contributed by atoms with van der Waals surface area (Å²) in [7, 11) is 0. The molecule has 3 aromatic rings. The predicted molar refractivity (Wildman–Crippen MR) is 93.9 cm³/mol. The zero-order valence-corrected chi connectivity index (χ0v) is 13.6. The lowest BCUT2D eigenvalue weighted by atomic mass is 10.1. The Hall–Kier alpha value is -3.15. The largest absolute Gasteiger partial charge is 0.350 e. The molecule has 1 aliphatic heterocycles. The minimum absolute atomic E-state index is 0.0147. The SMILES string of the molecule is O=C(NCc1cc2ccccn2n1)C1CC(=O)N(c2ccccc2)C1. The number of carbonyl (C=O) groups is 2. The van der Waals surface area contributed by atoms with Gasteiger partial charge in [0.05, 0.1) is 23.7 Å². The van der Waals surface area contributed by atoms with Crippen molar-refractivity contribution < 1.29 is 9.59 Å². The van der Waals surface area contributed by atoms with Crippen LogP contribution in [-0.4, -0.2) is 28.0 Å². The van der Waals surface area contributed by atoms with Crippen molar-refractivity contribution in [2.75, 3.05) is 11.4 Å². The van der Waals surface area contributed by atoms with Crippen molar-refractivity contribution >= 4 is 23.0 Å². The van der Waals surface area contributed by atoms with Crippen LogP contribution in [0.4, 0.5) is 5.69 Å². The fraction of sp³-hybridized carbons (Fsp3) is 0.211. The van der Waals surface area contributed by atoms with E-state index in [4.69, 9.17) is 0 Å². The monoisotopic (exact) mass is 334 g/mol. The summed E-state index contributed by atoms with van der Waals surface area (Å²) < 4.78 is 1.78. The first-order chi connectivity index (χ1) is 12.2. The molecule has 1 aliphatic rings. The molecule has 1 fully saturated rings. The summed E-state index contributed by atoms with van der Waals surface area (Å²) in [6.45, 7) is 0.774.